The first-order valence-corrected chi connectivity index (χ1v) is 37.9. The van der Waals surface area contributed by atoms with Gasteiger partial charge >= 0.3 is 19.8 Å². The summed E-state index contributed by atoms with van der Waals surface area (Å²) in [5.41, 5.74) is 5.40. The Kier molecular flexibility index (Phi) is 69.0. The van der Waals surface area contributed by atoms with Gasteiger partial charge in [-0.05, 0) is 83.5 Å². The zero-order valence-corrected chi connectivity index (χ0v) is 57.4. The number of ether oxygens (including phenoxy) is 2. The molecule has 2 unspecified atom stereocenters. The van der Waals surface area contributed by atoms with Crippen molar-refractivity contribution in [2.24, 2.45) is 5.73 Å². The maximum absolute atomic E-state index is 12.8. The third-order valence-corrected chi connectivity index (χ3v) is 16.7. The molecule has 0 saturated heterocycles. The summed E-state index contributed by atoms with van der Waals surface area (Å²) in [5, 5.41) is 0. The second-order valence-electron chi connectivity index (χ2n) is 24.1. The molecular formula is C77H136NO8P. The zero-order valence-electron chi connectivity index (χ0n) is 56.5. The molecule has 0 aromatic carbocycles. The Morgan fingerprint density at radius 1 is 0.356 bits per heavy atom. The number of carbonyl (C=O) groups excluding carboxylic acids is 2. The third kappa shape index (κ3) is 71.6. The highest BCUT2D eigenvalue weighted by atomic mass is 31.2. The lowest BCUT2D eigenvalue weighted by molar-refractivity contribution is -0.161. The van der Waals surface area contributed by atoms with Crippen LogP contribution in [0.4, 0.5) is 0 Å². The van der Waals surface area contributed by atoms with Gasteiger partial charge in [-0.2, -0.15) is 0 Å². The molecule has 0 aliphatic rings. The highest BCUT2D eigenvalue weighted by Gasteiger charge is 2.26. The Bertz CT molecular complexity index is 1800. The highest BCUT2D eigenvalue weighted by Crippen LogP contribution is 2.43. The molecule has 0 bridgehead atoms. The van der Waals surface area contributed by atoms with E-state index in [1.54, 1.807) is 0 Å². The minimum absolute atomic E-state index is 0.0494. The van der Waals surface area contributed by atoms with Gasteiger partial charge in [0.2, 0.25) is 0 Å². The summed E-state index contributed by atoms with van der Waals surface area (Å²) < 4.78 is 33.2. The fraction of sp³-hybridized carbons (Fsp3) is 0.740. The zero-order chi connectivity index (χ0) is 63.0. The minimum atomic E-state index is -4.40. The van der Waals surface area contributed by atoms with Crippen LogP contribution in [0.3, 0.4) is 0 Å². The van der Waals surface area contributed by atoms with Gasteiger partial charge in [0, 0.05) is 19.4 Å². The van der Waals surface area contributed by atoms with Crippen LogP contribution < -0.4 is 5.73 Å². The molecule has 0 aliphatic heterocycles. The van der Waals surface area contributed by atoms with Crippen LogP contribution in [0.1, 0.15) is 335 Å². The third-order valence-electron chi connectivity index (χ3n) is 15.7. The van der Waals surface area contributed by atoms with Gasteiger partial charge in [0.1, 0.15) is 6.61 Å². The topological polar surface area (TPSA) is 134 Å². The number of nitrogens with two attached hydrogens (primary N) is 1. The van der Waals surface area contributed by atoms with Crippen LogP contribution in [-0.2, 0) is 32.7 Å². The molecule has 0 amide bonds. The fourth-order valence-electron chi connectivity index (χ4n) is 10.3. The first-order valence-electron chi connectivity index (χ1n) is 36.4. The van der Waals surface area contributed by atoms with Crippen molar-refractivity contribution in [1.29, 1.82) is 0 Å². The molecule has 10 heteroatoms. The van der Waals surface area contributed by atoms with Crippen molar-refractivity contribution in [3.05, 3.63) is 109 Å². The lowest BCUT2D eigenvalue weighted by Crippen LogP contribution is -2.29. The summed E-state index contributed by atoms with van der Waals surface area (Å²) in [6.45, 7) is 3.67. The summed E-state index contributed by atoms with van der Waals surface area (Å²) in [5.74, 6) is -0.826. The largest absolute Gasteiger partial charge is 0.472 e. The maximum atomic E-state index is 12.8. The average molecular weight is 1230 g/mol. The van der Waals surface area contributed by atoms with Crippen LogP contribution >= 0.6 is 7.82 Å². The Morgan fingerprint density at radius 2 is 0.632 bits per heavy atom. The van der Waals surface area contributed by atoms with Crippen LogP contribution in [0.2, 0.25) is 0 Å². The average Bonchev–Trinajstić information content (AvgIpc) is 3.65. The Hall–Kier alpha value is -3.33. The maximum Gasteiger partial charge on any atom is 0.472 e. The number of esters is 2. The Balaban J connectivity index is 3.91. The van der Waals surface area contributed by atoms with E-state index in [0.717, 1.165) is 103 Å². The number of phosphoric ester groups is 1. The molecule has 2 atom stereocenters. The fourth-order valence-corrected chi connectivity index (χ4v) is 11.1. The van der Waals surface area contributed by atoms with E-state index in [2.05, 4.69) is 123 Å². The molecule has 0 rings (SSSR count). The summed E-state index contributed by atoms with van der Waals surface area (Å²) in [4.78, 5) is 35.4. The lowest BCUT2D eigenvalue weighted by Gasteiger charge is -2.19. The van der Waals surface area contributed by atoms with E-state index >= 15 is 0 Å². The van der Waals surface area contributed by atoms with Crippen LogP contribution in [0.15, 0.2) is 109 Å². The van der Waals surface area contributed by atoms with E-state index < -0.39 is 26.5 Å². The van der Waals surface area contributed by atoms with Crippen LogP contribution in [0, 0.1) is 0 Å². The number of carbonyl (C=O) groups is 2. The molecule has 0 fully saturated rings. The number of allylic oxidation sites excluding steroid dienone is 18. The summed E-state index contributed by atoms with van der Waals surface area (Å²) in [6, 6.07) is 0. The number of phosphoric acid groups is 1. The molecule has 0 saturated carbocycles. The monoisotopic (exact) mass is 1230 g/mol. The molecule has 0 aromatic rings. The predicted molar refractivity (Wildman–Crippen MR) is 376 cm³/mol. The van der Waals surface area contributed by atoms with Crippen molar-refractivity contribution in [3.8, 4) is 0 Å². The van der Waals surface area contributed by atoms with Crippen molar-refractivity contribution in [1.82, 2.24) is 0 Å². The Morgan fingerprint density at radius 3 is 0.943 bits per heavy atom. The van der Waals surface area contributed by atoms with Crippen molar-refractivity contribution >= 4 is 19.8 Å². The number of unbranched alkanes of at least 4 members (excludes halogenated alkanes) is 37. The predicted octanol–water partition coefficient (Wildman–Crippen LogP) is 24.1. The normalized spacial score (nSPS) is 13.6. The van der Waals surface area contributed by atoms with Gasteiger partial charge in [0.05, 0.1) is 13.2 Å². The first kappa shape index (κ1) is 83.7. The second-order valence-corrected chi connectivity index (χ2v) is 25.5. The molecular weight excluding hydrogens is 1100 g/mol. The smallest absolute Gasteiger partial charge is 0.462 e. The molecule has 0 spiro atoms. The quantitative estimate of drug-likeness (QED) is 0.0264. The molecule has 502 valence electrons. The first-order chi connectivity index (χ1) is 42.8. The van der Waals surface area contributed by atoms with E-state index in [1.807, 2.05) is 0 Å². The van der Waals surface area contributed by atoms with Gasteiger partial charge in [-0.15, -0.1) is 0 Å². The molecule has 0 aromatic heterocycles. The van der Waals surface area contributed by atoms with Gasteiger partial charge in [0.15, 0.2) is 6.10 Å². The molecule has 0 heterocycles. The summed E-state index contributed by atoms with van der Waals surface area (Å²) in [7, 11) is -4.40. The molecule has 9 nitrogen and oxygen atoms in total. The number of rotatable bonds is 68. The summed E-state index contributed by atoms with van der Waals surface area (Å²) in [6.07, 6.45) is 99.0. The van der Waals surface area contributed by atoms with Crippen molar-refractivity contribution in [2.75, 3.05) is 26.4 Å². The van der Waals surface area contributed by atoms with Crippen LogP contribution in [-0.4, -0.2) is 49.3 Å². The van der Waals surface area contributed by atoms with E-state index in [-0.39, 0.29) is 38.6 Å². The van der Waals surface area contributed by atoms with Crippen LogP contribution in [0.25, 0.3) is 0 Å². The minimum Gasteiger partial charge on any atom is -0.462 e. The molecule has 0 radical (unpaired) electrons. The van der Waals surface area contributed by atoms with E-state index in [0.29, 0.717) is 6.42 Å². The number of hydrogen-bond donors (Lipinski definition) is 2. The van der Waals surface area contributed by atoms with Gasteiger partial charge in [-0.25, -0.2) is 4.57 Å². The lowest BCUT2D eigenvalue weighted by atomic mass is 10.0. The Labute approximate surface area is 537 Å². The van der Waals surface area contributed by atoms with Crippen LogP contribution in [0.5, 0.6) is 0 Å². The standard InChI is InChI=1S/C77H136NO8P/c1-3-5-7-9-11-13-15-17-19-21-23-25-27-29-31-33-34-35-36-37-38-39-40-42-44-46-48-50-52-54-56-58-60-62-64-66-68-70-77(80)86-75(74-85-87(81,82)84-72-71-78)73-83-76(79)69-67-65-63-61-59-57-55-53-51-49-47-45-43-41-32-30-28-26-24-22-20-18-16-14-12-10-8-6-4-2/h5,7,11,13,17,19,23,25,29,31,34-35,37-38,40,42,46,48,75H,3-4,6,8-10,12,14-16,18,20-22,24,26-28,30,32-33,36,39,41,43-45,47,49-74,78H2,1-2H3,(H,81,82)/b7-5-,13-11-,19-17-,25-23-,31-29-,35-34-,38-37-,42-40-,48-46-. The van der Waals surface area contributed by atoms with Gasteiger partial charge < -0.3 is 20.1 Å². The van der Waals surface area contributed by atoms with E-state index in [1.165, 1.54) is 199 Å². The SMILES string of the molecule is CC/C=C\C/C=C\C/C=C\C/C=C\C/C=C\C/C=C\C/C=C\C/C=C\C/C=C\CCCCCCCCCCCC(=O)OC(COC(=O)CCCCCCCCCCCCCCCCCCCCCCCCCCCCCCC)COP(=O)(O)OCCN. The van der Waals surface area contributed by atoms with Crippen molar-refractivity contribution in [3.63, 3.8) is 0 Å². The summed E-state index contributed by atoms with van der Waals surface area (Å²) >= 11 is 0. The molecule has 0 aliphatic carbocycles. The molecule has 87 heavy (non-hydrogen) atoms. The van der Waals surface area contributed by atoms with E-state index in [4.69, 9.17) is 24.3 Å². The van der Waals surface area contributed by atoms with Gasteiger partial charge in [-0.1, -0.05) is 348 Å². The second kappa shape index (κ2) is 71.7. The van der Waals surface area contributed by atoms with Gasteiger partial charge in [0.25, 0.3) is 0 Å². The molecule has 3 N–H and O–H groups in total. The van der Waals surface area contributed by atoms with Crippen molar-refractivity contribution in [2.45, 2.75) is 341 Å². The van der Waals surface area contributed by atoms with E-state index in [9.17, 15) is 19.0 Å². The van der Waals surface area contributed by atoms with Crippen molar-refractivity contribution < 1.29 is 37.6 Å². The highest BCUT2D eigenvalue weighted by molar-refractivity contribution is 7.47. The van der Waals surface area contributed by atoms with Gasteiger partial charge in [-0.3, -0.25) is 18.6 Å². The number of hydrogen-bond acceptors (Lipinski definition) is 8.